The molecule has 2 aromatic rings. The van der Waals surface area contributed by atoms with Crippen molar-refractivity contribution in [3.05, 3.63) is 53.7 Å². The van der Waals surface area contributed by atoms with Crippen LogP contribution in [0.2, 0.25) is 0 Å². The average Bonchev–Trinajstić information content (AvgIpc) is 3.25. The molecule has 98 valence electrons. The zero-order valence-electron chi connectivity index (χ0n) is 11.1. The molecule has 19 heavy (non-hydrogen) atoms. The highest BCUT2D eigenvalue weighted by Gasteiger charge is 2.19. The Morgan fingerprint density at radius 2 is 1.95 bits per heavy atom. The molecule has 0 radical (unpaired) electrons. The van der Waals surface area contributed by atoms with E-state index in [-0.39, 0.29) is 0 Å². The van der Waals surface area contributed by atoms with Crippen molar-refractivity contribution in [1.29, 1.82) is 0 Å². The van der Waals surface area contributed by atoms with E-state index in [1.54, 1.807) is 0 Å². The summed E-state index contributed by atoms with van der Waals surface area (Å²) >= 11 is 0. The van der Waals surface area contributed by atoms with Crippen molar-refractivity contribution < 1.29 is 4.74 Å². The molecule has 0 aliphatic heterocycles. The molecule has 0 spiro atoms. The third-order valence-corrected chi connectivity index (χ3v) is 3.21. The van der Waals surface area contributed by atoms with Crippen LogP contribution in [-0.2, 0) is 6.54 Å². The smallest absolute Gasteiger partial charge is 0.219 e. The Morgan fingerprint density at radius 1 is 1.16 bits per heavy atom. The van der Waals surface area contributed by atoms with Crippen molar-refractivity contribution in [1.82, 2.24) is 10.3 Å². The van der Waals surface area contributed by atoms with E-state index in [0.29, 0.717) is 5.88 Å². The number of hydrogen-bond donors (Lipinski definition) is 1. The molecule has 1 saturated carbocycles. The highest BCUT2D eigenvalue weighted by Crippen LogP contribution is 2.21. The van der Waals surface area contributed by atoms with Crippen LogP contribution in [0.25, 0.3) is 0 Å². The van der Waals surface area contributed by atoms with Crippen molar-refractivity contribution in [3.63, 3.8) is 0 Å². The Kier molecular flexibility index (Phi) is 3.47. The predicted molar refractivity (Wildman–Crippen MR) is 75.4 cm³/mol. The lowest BCUT2D eigenvalue weighted by molar-refractivity contribution is 0.462. The molecule has 0 amide bonds. The molecule has 3 rings (SSSR count). The van der Waals surface area contributed by atoms with Gasteiger partial charge in [0, 0.05) is 24.8 Å². The molecule has 0 bridgehead atoms. The standard InChI is InChI=1S/C16H18N2O/c1-12-2-7-15(8-3-12)19-16-9-4-13(11-18-16)10-17-14-5-6-14/h2-4,7-9,11,14,17H,5-6,10H2,1H3. The van der Waals surface area contributed by atoms with Gasteiger partial charge in [-0.2, -0.15) is 0 Å². The average molecular weight is 254 g/mol. The number of hydrogen-bond acceptors (Lipinski definition) is 3. The van der Waals surface area contributed by atoms with Crippen molar-refractivity contribution >= 4 is 0 Å². The van der Waals surface area contributed by atoms with Gasteiger partial charge in [0.15, 0.2) is 0 Å². The van der Waals surface area contributed by atoms with Gasteiger partial charge in [-0.3, -0.25) is 0 Å². The van der Waals surface area contributed by atoms with E-state index in [1.165, 1.54) is 24.0 Å². The maximum Gasteiger partial charge on any atom is 0.219 e. The number of ether oxygens (including phenoxy) is 1. The molecule has 3 nitrogen and oxygen atoms in total. The van der Waals surface area contributed by atoms with Crippen LogP contribution in [-0.4, -0.2) is 11.0 Å². The van der Waals surface area contributed by atoms with Gasteiger partial charge in [-0.1, -0.05) is 23.8 Å². The summed E-state index contributed by atoms with van der Waals surface area (Å²) in [5.41, 5.74) is 2.42. The van der Waals surface area contributed by atoms with Crippen LogP contribution in [0, 0.1) is 6.92 Å². The summed E-state index contributed by atoms with van der Waals surface area (Å²) in [4.78, 5) is 4.33. The second-order valence-electron chi connectivity index (χ2n) is 5.07. The van der Waals surface area contributed by atoms with E-state index in [2.05, 4.69) is 23.3 Å². The normalized spacial score (nSPS) is 14.4. The van der Waals surface area contributed by atoms with Gasteiger partial charge < -0.3 is 10.1 Å². The van der Waals surface area contributed by atoms with Crippen LogP contribution in [0.1, 0.15) is 24.0 Å². The molecule has 1 aliphatic carbocycles. The third-order valence-electron chi connectivity index (χ3n) is 3.21. The molecule has 1 aliphatic rings. The Balaban J connectivity index is 1.59. The molecule has 1 heterocycles. The SMILES string of the molecule is Cc1ccc(Oc2ccc(CNC3CC3)cn2)cc1. The molecule has 1 aromatic carbocycles. The molecule has 0 saturated heterocycles. The number of nitrogens with one attached hydrogen (secondary N) is 1. The van der Waals surface area contributed by atoms with Crippen molar-refractivity contribution in [2.45, 2.75) is 32.4 Å². The van der Waals surface area contributed by atoms with E-state index < -0.39 is 0 Å². The maximum absolute atomic E-state index is 5.69. The van der Waals surface area contributed by atoms with Crippen LogP contribution < -0.4 is 10.1 Å². The first-order valence-corrected chi connectivity index (χ1v) is 6.72. The van der Waals surface area contributed by atoms with E-state index in [0.717, 1.165) is 18.3 Å². The number of rotatable bonds is 5. The number of benzene rings is 1. The largest absolute Gasteiger partial charge is 0.439 e. The second-order valence-corrected chi connectivity index (χ2v) is 5.07. The second kappa shape index (κ2) is 5.41. The molecular weight excluding hydrogens is 236 g/mol. The molecule has 3 heteroatoms. The summed E-state index contributed by atoms with van der Waals surface area (Å²) in [5.74, 6) is 1.46. The minimum absolute atomic E-state index is 0.638. The number of aromatic nitrogens is 1. The summed E-state index contributed by atoms with van der Waals surface area (Å²) in [6, 6.07) is 12.7. The molecular formula is C16H18N2O. The van der Waals surface area contributed by atoms with E-state index in [9.17, 15) is 0 Å². The van der Waals surface area contributed by atoms with Crippen LogP contribution in [0.5, 0.6) is 11.6 Å². The highest BCUT2D eigenvalue weighted by atomic mass is 16.5. The summed E-state index contributed by atoms with van der Waals surface area (Å²) in [5, 5.41) is 3.47. The molecule has 1 fully saturated rings. The van der Waals surface area contributed by atoms with E-state index in [4.69, 9.17) is 4.74 Å². The minimum Gasteiger partial charge on any atom is -0.439 e. The van der Waals surface area contributed by atoms with Crippen molar-refractivity contribution in [2.24, 2.45) is 0 Å². The quantitative estimate of drug-likeness (QED) is 0.887. The Labute approximate surface area is 113 Å². The topological polar surface area (TPSA) is 34.1 Å². The summed E-state index contributed by atoms with van der Waals surface area (Å²) in [7, 11) is 0. The molecule has 1 N–H and O–H groups in total. The summed E-state index contributed by atoms with van der Waals surface area (Å²) in [6.07, 6.45) is 4.49. The fraction of sp³-hybridized carbons (Fsp3) is 0.312. The monoisotopic (exact) mass is 254 g/mol. The highest BCUT2D eigenvalue weighted by molar-refractivity contribution is 5.30. The van der Waals surface area contributed by atoms with Crippen LogP contribution in [0.15, 0.2) is 42.6 Å². The Hall–Kier alpha value is -1.87. The first kappa shape index (κ1) is 12.2. The van der Waals surface area contributed by atoms with Crippen LogP contribution in [0.4, 0.5) is 0 Å². The summed E-state index contributed by atoms with van der Waals surface area (Å²) < 4.78 is 5.69. The lowest BCUT2D eigenvalue weighted by Gasteiger charge is -2.06. The Morgan fingerprint density at radius 3 is 2.58 bits per heavy atom. The maximum atomic E-state index is 5.69. The predicted octanol–water partition coefficient (Wildman–Crippen LogP) is 3.43. The van der Waals surface area contributed by atoms with Crippen LogP contribution in [0.3, 0.4) is 0 Å². The van der Waals surface area contributed by atoms with Crippen molar-refractivity contribution in [2.75, 3.05) is 0 Å². The van der Waals surface area contributed by atoms with E-state index in [1.807, 2.05) is 36.5 Å². The van der Waals surface area contributed by atoms with Gasteiger partial charge in [-0.05, 0) is 37.5 Å². The van der Waals surface area contributed by atoms with Gasteiger partial charge in [0.25, 0.3) is 0 Å². The van der Waals surface area contributed by atoms with Crippen molar-refractivity contribution in [3.8, 4) is 11.6 Å². The Bertz CT molecular complexity index is 530. The van der Waals surface area contributed by atoms with Gasteiger partial charge >= 0.3 is 0 Å². The van der Waals surface area contributed by atoms with E-state index >= 15 is 0 Å². The lowest BCUT2D eigenvalue weighted by Crippen LogP contribution is -2.15. The van der Waals surface area contributed by atoms with Crippen LogP contribution >= 0.6 is 0 Å². The first-order valence-electron chi connectivity index (χ1n) is 6.72. The fourth-order valence-corrected chi connectivity index (χ4v) is 1.85. The fourth-order valence-electron chi connectivity index (χ4n) is 1.85. The molecule has 0 unspecified atom stereocenters. The number of aryl methyl sites for hydroxylation is 1. The van der Waals surface area contributed by atoms with Gasteiger partial charge in [0.1, 0.15) is 5.75 Å². The van der Waals surface area contributed by atoms with Gasteiger partial charge in [0.2, 0.25) is 5.88 Å². The zero-order chi connectivity index (χ0) is 13.1. The third kappa shape index (κ3) is 3.55. The molecule has 1 aromatic heterocycles. The molecule has 0 atom stereocenters. The number of pyridine rings is 1. The zero-order valence-corrected chi connectivity index (χ0v) is 11.1. The minimum atomic E-state index is 0.638. The van der Waals surface area contributed by atoms with Gasteiger partial charge in [-0.25, -0.2) is 4.98 Å². The summed E-state index contributed by atoms with van der Waals surface area (Å²) in [6.45, 7) is 2.95. The number of nitrogens with zero attached hydrogens (tertiary/aromatic N) is 1. The first-order chi connectivity index (χ1) is 9.29. The van der Waals surface area contributed by atoms with Gasteiger partial charge in [-0.15, -0.1) is 0 Å². The van der Waals surface area contributed by atoms with Gasteiger partial charge in [0.05, 0.1) is 0 Å². The lowest BCUT2D eigenvalue weighted by atomic mass is 10.2.